The lowest BCUT2D eigenvalue weighted by atomic mass is 9.99. The molecule has 2 aromatic carbocycles. The summed E-state index contributed by atoms with van der Waals surface area (Å²) in [6.07, 6.45) is -1.56. The highest BCUT2D eigenvalue weighted by Crippen LogP contribution is 2.23. The Balaban J connectivity index is 0.000000821. The number of nitrogens with zero attached hydrogens (tertiary/aromatic N) is 1. The van der Waals surface area contributed by atoms with Crippen molar-refractivity contribution in [3.05, 3.63) is 84.6 Å². The number of hydrogen-bond donors (Lipinski definition) is 4. The van der Waals surface area contributed by atoms with Crippen LogP contribution in [-0.2, 0) is 23.9 Å². The van der Waals surface area contributed by atoms with E-state index in [-0.39, 0.29) is 24.8 Å². The minimum atomic E-state index is -5.08. The zero-order valence-corrected chi connectivity index (χ0v) is 23.4. The van der Waals surface area contributed by atoms with E-state index in [2.05, 4.69) is 20.9 Å². The summed E-state index contributed by atoms with van der Waals surface area (Å²) >= 11 is 0. The molecule has 0 aliphatic rings. The number of alkyl halides is 3. The van der Waals surface area contributed by atoms with Gasteiger partial charge in [-0.25, -0.2) is 9.78 Å². The van der Waals surface area contributed by atoms with Gasteiger partial charge in [0.05, 0.1) is 26.1 Å². The number of carboxylic acids is 1. The van der Waals surface area contributed by atoms with E-state index in [1.807, 2.05) is 72.8 Å². The number of ether oxygens (including phenoxy) is 1. The van der Waals surface area contributed by atoms with E-state index >= 15 is 0 Å². The number of benzene rings is 2. The lowest BCUT2D eigenvalue weighted by Crippen LogP contribution is -2.39. The first kappa shape index (κ1) is 34.3. The van der Waals surface area contributed by atoms with Crippen LogP contribution < -0.4 is 16.0 Å². The van der Waals surface area contributed by atoms with Gasteiger partial charge in [0.2, 0.25) is 11.8 Å². The number of aliphatic carboxylic acids is 1. The Labute approximate surface area is 246 Å². The lowest BCUT2D eigenvalue weighted by molar-refractivity contribution is -0.192. The van der Waals surface area contributed by atoms with E-state index in [9.17, 15) is 27.6 Å². The maximum absolute atomic E-state index is 12.5. The highest BCUT2D eigenvalue weighted by Gasteiger charge is 2.38. The van der Waals surface area contributed by atoms with Crippen molar-refractivity contribution in [2.45, 2.75) is 37.9 Å². The van der Waals surface area contributed by atoms with Crippen molar-refractivity contribution in [3.8, 4) is 11.1 Å². The van der Waals surface area contributed by atoms with E-state index in [0.29, 0.717) is 19.4 Å². The number of halogens is 3. The first-order chi connectivity index (χ1) is 20.5. The van der Waals surface area contributed by atoms with Gasteiger partial charge in [0.1, 0.15) is 5.82 Å². The van der Waals surface area contributed by atoms with Crippen molar-refractivity contribution in [2.24, 2.45) is 0 Å². The SMILES string of the molecule is COC(=O)CC(NC(=O)CNC(=O)CCCCNc1ccccn1)c1ccc(-c2ccccc2)cc1.O=C(O)C(F)(F)F. The summed E-state index contributed by atoms with van der Waals surface area (Å²) in [5.41, 5.74) is 2.89. The van der Waals surface area contributed by atoms with Gasteiger partial charge in [0.25, 0.3) is 0 Å². The van der Waals surface area contributed by atoms with Crippen LogP contribution in [0.2, 0.25) is 0 Å². The molecule has 3 aromatic rings. The number of methoxy groups -OCH3 is 1. The molecule has 0 fully saturated rings. The van der Waals surface area contributed by atoms with Gasteiger partial charge in [-0.2, -0.15) is 13.2 Å². The maximum Gasteiger partial charge on any atom is 0.490 e. The molecule has 0 bridgehead atoms. The topological polar surface area (TPSA) is 147 Å². The van der Waals surface area contributed by atoms with E-state index < -0.39 is 24.2 Å². The van der Waals surface area contributed by atoms with Crippen LogP contribution >= 0.6 is 0 Å². The summed E-state index contributed by atoms with van der Waals surface area (Å²) in [4.78, 5) is 49.7. The summed E-state index contributed by atoms with van der Waals surface area (Å²) in [5, 5.41) is 15.8. The number of carbonyl (C=O) groups excluding carboxylic acids is 3. The van der Waals surface area contributed by atoms with Gasteiger partial charge >= 0.3 is 18.1 Å². The molecule has 0 aliphatic carbocycles. The zero-order valence-electron chi connectivity index (χ0n) is 23.4. The van der Waals surface area contributed by atoms with Crippen LogP contribution in [0.1, 0.15) is 37.3 Å². The number of nitrogens with one attached hydrogen (secondary N) is 3. The molecule has 2 amide bonds. The predicted molar refractivity (Wildman–Crippen MR) is 153 cm³/mol. The molecule has 1 heterocycles. The molecule has 0 aliphatic heterocycles. The first-order valence-corrected chi connectivity index (χ1v) is 13.2. The summed E-state index contributed by atoms with van der Waals surface area (Å²) in [6, 6.07) is 22.7. The molecule has 43 heavy (non-hydrogen) atoms. The smallest absolute Gasteiger partial charge is 0.475 e. The number of unbranched alkanes of at least 4 members (excludes halogenated alkanes) is 1. The Kier molecular flexibility index (Phi) is 14.2. The molecule has 1 unspecified atom stereocenters. The van der Waals surface area contributed by atoms with Crippen molar-refractivity contribution < 1.29 is 42.2 Å². The molecule has 0 radical (unpaired) electrons. The Hall–Kier alpha value is -4.94. The summed E-state index contributed by atoms with van der Waals surface area (Å²) in [7, 11) is 1.31. The maximum atomic E-state index is 12.5. The Morgan fingerprint density at radius 3 is 2.09 bits per heavy atom. The molecule has 3 rings (SSSR count). The number of carbonyl (C=O) groups is 4. The quantitative estimate of drug-likeness (QED) is 0.165. The zero-order chi connectivity index (χ0) is 31.7. The van der Waals surface area contributed by atoms with E-state index in [1.54, 1.807) is 6.20 Å². The number of anilines is 1. The van der Waals surface area contributed by atoms with Gasteiger partial charge in [-0.1, -0.05) is 60.7 Å². The molecule has 0 saturated heterocycles. The summed E-state index contributed by atoms with van der Waals surface area (Å²) in [6.45, 7) is 0.549. The number of aromatic nitrogens is 1. The third-order valence-corrected chi connectivity index (χ3v) is 5.84. The molecule has 1 atom stereocenters. The van der Waals surface area contributed by atoms with Gasteiger partial charge in [0.15, 0.2) is 0 Å². The van der Waals surface area contributed by atoms with Crippen LogP contribution in [0.4, 0.5) is 19.0 Å². The van der Waals surface area contributed by atoms with Crippen molar-refractivity contribution in [3.63, 3.8) is 0 Å². The van der Waals surface area contributed by atoms with E-state index in [0.717, 1.165) is 28.9 Å². The Morgan fingerprint density at radius 1 is 0.884 bits per heavy atom. The van der Waals surface area contributed by atoms with Crippen LogP contribution in [0.5, 0.6) is 0 Å². The third-order valence-electron chi connectivity index (χ3n) is 5.84. The molecule has 4 N–H and O–H groups in total. The normalized spacial score (nSPS) is 11.3. The number of esters is 1. The molecule has 0 spiro atoms. The number of carboxylic acid groups (broad SMARTS) is 1. The van der Waals surface area contributed by atoms with Gasteiger partial charge < -0.3 is 25.8 Å². The molecule has 10 nitrogen and oxygen atoms in total. The minimum Gasteiger partial charge on any atom is -0.475 e. The molecular formula is C30H33F3N4O6. The molecular weight excluding hydrogens is 569 g/mol. The summed E-state index contributed by atoms with van der Waals surface area (Å²) in [5.74, 6) is -2.96. The largest absolute Gasteiger partial charge is 0.490 e. The fourth-order valence-electron chi connectivity index (χ4n) is 3.65. The highest BCUT2D eigenvalue weighted by molar-refractivity contribution is 5.85. The van der Waals surface area contributed by atoms with Crippen LogP contribution in [0.3, 0.4) is 0 Å². The monoisotopic (exact) mass is 602 g/mol. The van der Waals surface area contributed by atoms with E-state index in [4.69, 9.17) is 14.6 Å². The number of amides is 2. The fraction of sp³-hybridized carbons (Fsp3) is 0.300. The standard InChI is InChI=1S/C28H32N4O4.C2HF3O2/c1-36-28(35)19-24(23-15-13-22(14-16-23)21-9-3-2-4-10-21)32-27(34)20-31-26(33)12-6-8-18-30-25-11-5-7-17-29-25;3-2(4,5)1(6)7/h2-5,7,9-11,13-17,24H,6,8,12,18-20H2,1H3,(H,29,30)(H,31,33)(H,32,34);(H,6,7). The highest BCUT2D eigenvalue weighted by atomic mass is 19.4. The number of hydrogen-bond acceptors (Lipinski definition) is 7. The van der Waals surface area contributed by atoms with Crippen molar-refractivity contribution >= 4 is 29.6 Å². The lowest BCUT2D eigenvalue weighted by Gasteiger charge is -2.19. The van der Waals surface area contributed by atoms with Crippen LogP contribution in [-0.4, -0.2) is 60.2 Å². The average Bonchev–Trinajstić information content (AvgIpc) is 3.00. The van der Waals surface area contributed by atoms with Crippen molar-refractivity contribution in [2.75, 3.05) is 25.5 Å². The average molecular weight is 603 g/mol. The van der Waals surface area contributed by atoms with Crippen molar-refractivity contribution in [1.29, 1.82) is 0 Å². The molecule has 13 heteroatoms. The van der Waals surface area contributed by atoms with Crippen LogP contribution in [0.15, 0.2) is 79.0 Å². The second kappa shape index (κ2) is 17.8. The van der Waals surface area contributed by atoms with Gasteiger partial charge in [0, 0.05) is 19.2 Å². The second-order valence-corrected chi connectivity index (χ2v) is 9.07. The molecule has 1 aromatic heterocycles. The first-order valence-electron chi connectivity index (χ1n) is 13.2. The number of pyridine rings is 1. The second-order valence-electron chi connectivity index (χ2n) is 9.07. The van der Waals surface area contributed by atoms with Gasteiger partial charge in [-0.15, -0.1) is 0 Å². The van der Waals surface area contributed by atoms with Crippen LogP contribution in [0.25, 0.3) is 11.1 Å². The third kappa shape index (κ3) is 13.5. The Morgan fingerprint density at radius 2 is 1.51 bits per heavy atom. The number of rotatable bonds is 13. The van der Waals surface area contributed by atoms with Crippen LogP contribution in [0, 0.1) is 0 Å². The van der Waals surface area contributed by atoms with Crippen molar-refractivity contribution in [1.82, 2.24) is 15.6 Å². The van der Waals surface area contributed by atoms with Gasteiger partial charge in [-0.05, 0) is 41.7 Å². The Bertz CT molecular complexity index is 1310. The predicted octanol–water partition coefficient (Wildman–Crippen LogP) is 4.50. The fourth-order valence-corrected chi connectivity index (χ4v) is 3.65. The summed E-state index contributed by atoms with van der Waals surface area (Å²) < 4.78 is 36.5. The molecule has 0 saturated carbocycles. The molecule has 230 valence electrons. The van der Waals surface area contributed by atoms with E-state index in [1.165, 1.54) is 7.11 Å². The minimum absolute atomic E-state index is 0.00978. The van der Waals surface area contributed by atoms with Gasteiger partial charge in [-0.3, -0.25) is 14.4 Å².